The van der Waals surface area contributed by atoms with Crippen molar-refractivity contribution in [1.82, 2.24) is 0 Å². The first-order valence-corrected chi connectivity index (χ1v) is 6.60. The van der Waals surface area contributed by atoms with Gasteiger partial charge in [-0.3, -0.25) is 0 Å². The lowest BCUT2D eigenvalue weighted by Crippen LogP contribution is -2.28. The van der Waals surface area contributed by atoms with Crippen LogP contribution in [0, 0.1) is 5.41 Å². The van der Waals surface area contributed by atoms with Crippen LogP contribution in [-0.4, -0.2) is 6.54 Å². The molecule has 17 heavy (non-hydrogen) atoms. The molecule has 0 aliphatic carbocycles. The van der Waals surface area contributed by atoms with Crippen molar-refractivity contribution >= 4 is 0 Å². The first-order valence-electron chi connectivity index (χ1n) is 6.60. The van der Waals surface area contributed by atoms with E-state index in [2.05, 4.69) is 58.9 Å². The third-order valence-electron chi connectivity index (χ3n) is 3.80. The largest absolute Gasteiger partial charge is 0.330 e. The van der Waals surface area contributed by atoms with Crippen molar-refractivity contribution in [2.75, 3.05) is 6.54 Å². The first-order chi connectivity index (χ1) is 7.80. The molecule has 1 aromatic rings. The fraction of sp³-hybridized carbons (Fsp3) is 0.625. The second-order valence-electron chi connectivity index (χ2n) is 6.49. The Kier molecular flexibility index (Phi) is 4.37. The number of nitrogens with two attached hydrogens (primary N) is 1. The minimum atomic E-state index is 0.237. The summed E-state index contributed by atoms with van der Waals surface area (Å²) < 4.78 is 0. The average Bonchev–Trinajstić information content (AvgIpc) is 2.28. The van der Waals surface area contributed by atoms with Gasteiger partial charge in [0.25, 0.3) is 0 Å². The van der Waals surface area contributed by atoms with Crippen LogP contribution in [0.5, 0.6) is 0 Å². The highest BCUT2D eigenvalue weighted by atomic mass is 14.6. The molecule has 0 aliphatic heterocycles. The molecule has 0 saturated carbocycles. The Hall–Kier alpha value is -0.820. The second kappa shape index (κ2) is 5.22. The van der Waals surface area contributed by atoms with E-state index in [4.69, 9.17) is 5.73 Å². The van der Waals surface area contributed by atoms with Gasteiger partial charge in [0.2, 0.25) is 0 Å². The van der Waals surface area contributed by atoms with E-state index in [1.807, 2.05) is 0 Å². The molecule has 0 saturated heterocycles. The van der Waals surface area contributed by atoms with Crippen molar-refractivity contribution in [2.45, 2.75) is 52.9 Å². The van der Waals surface area contributed by atoms with Crippen molar-refractivity contribution in [3.8, 4) is 0 Å². The van der Waals surface area contributed by atoms with Gasteiger partial charge in [-0.2, -0.15) is 0 Å². The predicted octanol–water partition coefficient (Wildman–Crippen LogP) is 3.90. The lowest BCUT2D eigenvalue weighted by Gasteiger charge is -2.27. The van der Waals surface area contributed by atoms with Crippen molar-refractivity contribution in [3.63, 3.8) is 0 Å². The molecular weight excluding hydrogens is 206 g/mol. The van der Waals surface area contributed by atoms with E-state index in [-0.39, 0.29) is 10.8 Å². The lowest BCUT2D eigenvalue weighted by molar-refractivity contribution is 0.320. The number of benzene rings is 1. The fourth-order valence-corrected chi connectivity index (χ4v) is 1.96. The summed E-state index contributed by atoms with van der Waals surface area (Å²) in [5.74, 6) is 0. The third-order valence-corrected chi connectivity index (χ3v) is 3.80. The zero-order chi connectivity index (χ0) is 13.1. The fourth-order valence-electron chi connectivity index (χ4n) is 1.96. The number of hydrogen-bond donors (Lipinski definition) is 1. The molecule has 1 rings (SSSR count). The summed E-state index contributed by atoms with van der Waals surface area (Å²) in [6.07, 6.45) is 2.20. The van der Waals surface area contributed by atoms with Crippen LogP contribution in [0.1, 0.15) is 52.2 Å². The summed E-state index contributed by atoms with van der Waals surface area (Å²) in [5.41, 5.74) is 9.13. The van der Waals surface area contributed by atoms with Gasteiger partial charge >= 0.3 is 0 Å². The smallest absolute Gasteiger partial charge is 0.00201 e. The molecule has 0 fully saturated rings. The molecule has 0 bridgehead atoms. The second-order valence-corrected chi connectivity index (χ2v) is 6.49. The maximum Gasteiger partial charge on any atom is -0.00201 e. The predicted molar refractivity (Wildman–Crippen MR) is 76.3 cm³/mol. The molecule has 1 atom stereocenters. The summed E-state index contributed by atoms with van der Waals surface area (Å²) >= 11 is 0. The van der Waals surface area contributed by atoms with E-state index in [1.54, 1.807) is 0 Å². The Bertz CT molecular complexity index is 339. The Labute approximate surface area is 106 Å². The monoisotopic (exact) mass is 233 g/mol. The minimum absolute atomic E-state index is 0.237. The normalized spacial score (nSPS) is 15.6. The van der Waals surface area contributed by atoms with Crippen molar-refractivity contribution in [1.29, 1.82) is 0 Å². The van der Waals surface area contributed by atoms with Crippen LogP contribution in [0.2, 0.25) is 0 Å². The molecule has 2 N–H and O–H groups in total. The Morgan fingerprint density at radius 1 is 1.00 bits per heavy atom. The van der Waals surface area contributed by atoms with Crippen LogP contribution in [0.25, 0.3) is 0 Å². The molecule has 1 unspecified atom stereocenters. The van der Waals surface area contributed by atoms with Crippen LogP contribution in [0.4, 0.5) is 0 Å². The standard InChI is InChI=1S/C16H27N/c1-6-16(5,12-17)11-13-7-9-14(10-8-13)15(2,3)4/h7-10H,6,11-12,17H2,1-5H3. The molecule has 96 valence electrons. The van der Waals surface area contributed by atoms with Crippen LogP contribution < -0.4 is 5.73 Å². The number of hydrogen-bond acceptors (Lipinski definition) is 1. The van der Waals surface area contributed by atoms with Gasteiger partial charge < -0.3 is 5.73 Å². The summed E-state index contributed by atoms with van der Waals surface area (Å²) in [5, 5.41) is 0. The van der Waals surface area contributed by atoms with Gasteiger partial charge in [0.15, 0.2) is 0 Å². The molecule has 0 spiro atoms. The van der Waals surface area contributed by atoms with E-state index in [1.165, 1.54) is 11.1 Å². The maximum absolute atomic E-state index is 5.86. The molecule has 0 amide bonds. The van der Waals surface area contributed by atoms with E-state index >= 15 is 0 Å². The highest BCUT2D eigenvalue weighted by Gasteiger charge is 2.21. The lowest BCUT2D eigenvalue weighted by atomic mass is 9.80. The van der Waals surface area contributed by atoms with Crippen LogP contribution in [0.15, 0.2) is 24.3 Å². The quantitative estimate of drug-likeness (QED) is 0.838. The summed E-state index contributed by atoms with van der Waals surface area (Å²) in [6.45, 7) is 12.0. The van der Waals surface area contributed by atoms with Gasteiger partial charge in [-0.25, -0.2) is 0 Å². The zero-order valence-electron chi connectivity index (χ0n) is 12.0. The van der Waals surface area contributed by atoms with Crippen LogP contribution in [0.3, 0.4) is 0 Å². The Balaban J connectivity index is 2.82. The van der Waals surface area contributed by atoms with E-state index in [0.717, 1.165) is 19.4 Å². The molecule has 0 aromatic heterocycles. The topological polar surface area (TPSA) is 26.0 Å². The van der Waals surface area contributed by atoms with Gasteiger partial charge in [-0.05, 0) is 41.3 Å². The van der Waals surface area contributed by atoms with Crippen molar-refractivity contribution in [2.24, 2.45) is 11.1 Å². The summed E-state index contributed by atoms with van der Waals surface area (Å²) in [6, 6.07) is 9.01. The van der Waals surface area contributed by atoms with Crippen molar-refractivity contribution < 1.29 is 0 Å². The zero-order valence-corrected chi connectivity index (χ0v) is 12.0. The Morgan fingerprint density at radius 3 is 1.88 bits per heavy atom. The molecule has 0 heterocycles. The molecule has 1 aromatic carbocycles. The van der Waals surface area contributed by atoms with Crippen molar-refractivity contribution in [3.05, 3.63) is 35.4 Å². The van der Waals surface area contributed by atoms with Gasteiger partial charge in [0.1, 0.15) is 0 Å². The maximum atomic E-state index is 5.86. The highest BCUT2D eigenvalue weighted by molar-refractivity contribution is 5.28. The highest BCUT2D eigenvalue weighted by Crippen LogP contribution is 2.27. The van der Waals surface area contributed by atoms with Gasteiger partial charge in [-0.1, -0.05) is 58.9 Å². The minimum Gasteiger partial charge on any atom is -0.330 e. The molecule has 1 heteroatoms. The van der Waals surface area contributed by atoms with Gasteiger partial charge in [0, 0.05) is 0 Å². The molecular formula is C16H27N. The number of rotatable bonds is 4. The van der Waals surface area contributed by atoms with E-state index in [0.29, 0.717) is 0 Å². The third kappa shape index (κ3) is 3.85. The SMILES string of the molecule is CCC(C)(CN)Cc1ccc(C(C)(C)C)cc1. The van der Waals surface area contributed by atoms with E-state index < -0.39 is 0 Å². The van der Waals surface area contributed by atoms with Gasteiger partial charge in [-0.15, -0.1) is 0 Å². The van der Waals surface area contributed by atoms with Crippen LogP contribution >= 0.6 is 0 Å². The summed E-state index contributed by atoms with van der Waals surface area (Å²) in [7, 11) is 0. The average molecular weight is 233 g/mol. The Morgan fingerprint density at radius 2 is 1.53 bits per heavy atom. The van der Waals surface area contributed by atoms with Gasteiger partial charge in [0.05, 0.1) is 0 Å². The first kappa shape index (κ1) is 14.2. The summed E-state index contributed by atoms with van der Waals surface area (Å²) in [4.78, 5) is 0. The molecule has 0 aliphatic rings. The molecule has 0 radical (unpaired) electrons. The van der Waals surface area contributed by atoms with Crippen LogP contribution in [-0.2, 0) is 11.8 Å². The van der Waals surface area contributed by atoms with E-state index in [9.17, 15) is 0 Å². The molecule has 1 nitrogen and oxygen atoms in total.